The number of rotatable bonds is 7. The summed E-state index contributed by atoms with van der Waals surface area (Å²) in [6.07, 6.45) is 6.50. The number of hydrogen-bond donors (Lipinski definition) is 1. The van der Waals surface area contributed by atoms with Gasteiger partial charge in [-0.2, -0.15) is 5.10 Å². The molecule has 0 bridgehead atoms. The van der Waals surface area contributed by atoms with Crippen molar-refractivity contribution in [2.75, 3.05) is 26.7 Å². The first-order chi connectivity index (χ1) is 16.2. The predicted molar refractivity (Wildman–Crippen MR) is 128 cm³/mol. The van der Waals surface area contributed by atoms with Gasteiger partial charge in [0.25, 0.3) is 5.91 Å². The summed E-state index contributed by atoms with van der Waals surface area (Å²) in [5.41, 5.74) is 2.66. The van der Waals surface area contributed by atoms with Crippen molar-refractivity contribution in [1.82, 2.24) is 20.0 Å². The molecule has 7 nitrogen and oxygen atoms in total. The Kier molecular flexibility index (Phi) is 7.40. The molecule has 1 aromatic heterocycles. The molecule has 7 heteroatoms. The second-order valence-electron chi connectivity index (χ2n) is 8.20. The fourth-order valence-electron chi connectivity index (χ4n) is 4.09. The lowest BCUT2D eigenvalue weighted by atomic mass is 10.1. The second-order valence-corrected chi connectivity index (χ2v) is 8.20. The quantitative estimate of drug-likeness (QED) is 0.594. The molecular weight excluding hydrogens is 416 g/mol. The number of likely N-dealkylation sites (tertiary alicyclic amines) is 1. The lowest BCUT2D eigenvalue weighted by Gasteiger charge is -2.20. The van der Waals surface area contributed by atoms with Gasteiger partial charge in [-0.15, -0.1) is 0 Å². The molecule has 3 aromatic rings. The summed E-state index contributed by atoms with van der Waals surface area (Å²) < 4.78 is 7.05. The predicted octanol–water partition coefficient (Wildman–Crippen LogP) is 4.07. The lowest BCUT2D eigenvalue weighted by Crippen LogP contribution is -2.35. The molecular formula is C26H30N4O3. The van der Waals surface area contributed by atoms with Crippen LogP contribution in [0.5, 0.6) is 5.75 Å². The minimum Gasteiger partial charge on any atom is -0.497 e. The number of para-hydroxylation sites is 1. The van der Waals surface area contributed by atoms with E-state index in [-0.39, 0.29) is 11.8 Å². The Bertz CT molecular complexity index is 1090. The average molecular weight is 447 g/mol. The molecule has 1 N–H and O–H groups in total. The SMILES string of the molecule is COc1cccc(-c2nn(-c3ccccc3)cc2C(=O)NCCC(=O)N2CCCCCC2)c1. The third-order valence-corrected chi connectivity index (χ3v) is 5.91. The molecule has 33 heavy (non-hydrogen) atoms. The summed E-state index contributed by atoms with van der Waals surface area (Å²) in [6, 6.07) is 17.1. The number of nitrogens with zero attached hydrogens (tertiary/aromatic N) is 3. The van der Waals surface area contributed by atoms with Crippen molar-refractivity contribution in [3.05, 3.63) is 66.4 Å². The molecule has 0 aliphatic carbocycles. The van der Waals surface area contributed by atoms with Crippen LogP contribution in [-0.4, -0.2) is 53.2 Å². The minimum atomic E-state index is -0.251. The number of carbonyl (C=O) groups is 2. The molecule has 0 atom stereocenters. The molecule has 1 fully saturated rings. The highest BCUT2D eigenvalue weighted by atomic mass is 16.5. The number of ether oxygens (including phenoxy) is 1. The summed E-state index contributed by atoms with van der Waals surface area (Å²) >= 11 is 0. The van der Waals surface area contributed by atoms with Crippen LogP contribution in [0.15, 0.2) is 60.8 Å². The van der Waals surface area contributed by atoms with Crippen molar-refractivity contribution < 1.29 is 14.3 Å². The first-order valence-electron chi connectivity index (χ1n) is 11.5. The van der Waals surface area contributed by atoms with E-state index in [9.17, 15) is 9.59 Å². The number of carbonyl (C=O) groups excluding carboxylic acids is 2. The summed E-state index contributed by atoms with van der Waals surface area (Å²) in [5, 5.41) is 7.62. The topological polar surface area (TPSA) is 76.5 Å². The number of amides is 2. The molecule has 0 spiro atoms. The first kappa shape index (κ1) is 22.6. The molecule has 1 aliphatic heterocycles. The van der Waals surface area contributed by atoms with Crippen molar-refractivity contribution in [2.24, 2.45) is 0 Å². The molecule has 2 aromatic carbocycles. The number of aromatic nitrogens is 2. The van der Waals surface area contributed by atoms with E-state index in [1.54, 1.807) is 18.0 Å². The van der Waals surface area contributed by atoms with Gasteiger partial charge in [-0.1, -0.05) is 43.2 Å². The molecule has 2 heterocycles. The van der Waals surface area contributed by atoms with E-state index >= 15 is 0 Å². The van der Waals surface area contributed by atoms with E-state index in [1.165, 1.54) is 12.8 Å². The molecule has 0 saturated carbocycles. The largest absolute Gasteiger partial charge is 0.497 e. The van der Waals surface area contributed by atoms with Gasteiger partial charge in [0.1, 0.15) is 11.4 Å². The Morgan fingerprint density at radius 1 is 1.00 bits per heavy atom. The Balaban J connectivity index is 1.51. The highest BCUT2D eigenvalue weighted by Crippen LogP contribution is 2.27. The molecule has 0 radical (unpaired) electrons. The average Bonchev–Trinajstić information content (AvgIpc) is 3.13. The summed E-state index contributed by atoms with van der Waals surface area (Å²) in [6.45, 7) is 1.93. The van der Waals surface area contributed by atoms with Gasteiger partial charge >= 0.3 is 0 Å². The fraction of sp³-hybridized carbons (Fsp3) is 0.346. The number of hydrogen-bond acceptors (Lipinski definition) is 4. The molecule has 2 amide bonds. The van der Waals surface area contributed by atoms with Gasteiger partial charge < -0.3 is 15.0 Å². The zero-order valence-corrected chi connectivity index (χ0v) is 19.0. The van der Waals surface area contributed by atoms with Crippen LogP contribution in [0.1, 0.15) is 42.5 Å². The van der Waals surface area contributed by atoms with Gasteiger partial charge in [0.2, 0.25) is 5.91 Å². The lowest BCUT2D eigenvalue weighted by molar-refractivity contribution is -0.131. The Hall–Kier alpha value is -3.61. The van der Waals surface area contributed by atoms with E-state index in [2.05, 4.69) is 5.32 Å². The van der Waals surface area contributed by atoms with Gasteiger partial charge in [-0.25, -0.2) is 4.68 Å². The van der Waals surface area contributed by atoms with Crippen LogP contribution < -0.4 is 10.1 Å². The van der Waals surface area contributed by atoms with E-state index in [0.717, 1.165) is 37.2 Å². The highest BCUT2D eigenvalue weighted by Gasteiger charge is 2.20. The molecule has 4 rings (SSSR count). The third-order valence-electron chi connectivity index (χ3n) is 5.91. The van der Waals surface area contributed by atoms with Gasteiger partial charge in [-0.05, 0) is 37.1 Å². The maximum atomic E-state index is 13.1. The fourth-order valence-corrected chi connectivity index (χ4v) is 4.09. The zero-order valence-electron chi connectivity index (χ0n) is 19.0. The van der Waals surface area contributed by atoms with Crippen molar-refractivity contribution in [3.8, 4) is 22.7 Å². The van der Waals surface area contributed by atoms with Crippen molar-refractivity contribution in [2.45, 2.75) is 32.1 Å². The molecule has 1 saturated heterocycles. The van der Waals surface area contributed by atoms with Crippen LogP contribution in [0.25, 0.3) is 16.9 Å². The van der Waals surface area contributed by atoms with E-state index < -0.39 is 0 Å². The normalized spacial score (nSPS) is 13.9. The first-order valence-corrected chi connectivity index (χ1v) is 11.5. The number of nitrogens with one attached hydrogen (secondary N) is 1. The Morgan fingerprint density at radius 3 is 2.48 bits per heavy atom. The molecule has 172 valence electrons. The smallest absolute Gasteiger partial charge is 0.255 e. The Labute approximate surface area is 194 Å². The monoisotopic (exact) mass is 446 g/mol. The van der Waals surface area contributed by atoms with Gasteiger partial charge in [-0.3, -0.25) is 9.59 Å². The van der Waals surface area contributed by atoms with Crippen molar-refractivity contribution in [3.63, 3.8) is 0 Å². The maximum Gasteiger partial charge on any atom is 0.255 e. The molecule has 1 aliphatic rings. The standard InChI is InChI=1S/C26H30N4O3/c1-33-22-13-9-10-20(18-22)25-23(19-30(28-25)21-11-5-4-6-12-21)26(32)27-15-14-24(31)29-16-7-2-3-8-17-29/h4-6,9-13,18-19H,2-3,7-8,14-17H2,1H3,(H,27,32). The third kappa shape index (κ3) is 5.61. The van der Waals surface area contributed by atoms with Crippen molar-refractivity contribution >= 4 is 11.8 Å². The van der Waals surface area contributed by atoms with Gasteiger partial charge in [0, 0.05) is 37.8 Å². The summed E-state index contributed by atoms with van der Waals surface area (Å²) in [7, 11) is 1.61. The van der Waals surface area contributed by atoms with E-state index in [1.807, 2.05) is 59.5 Å². The van der Waals surface area contributed by atoms with Gasteiger partial charge in [0.15, 0.2) is 0 Å². The summed E-state index contributed by atoms with van der Waals surface area (Å²) in [4.78, 5) is 27.6. The summed E-state index contributed by atoms with van der Waals surface area (Å²) in [5.74, 6) is 0.542. The van der Waals surface area contributed by atoms with Crippen LogP contribution in [-0.2, 0) is 4.79 Å². The van der Waals surface area contributed by atoms with Crippen LogP contribution >= 0.6 is 0 Å². The van der Waals surface area contributed by atoms with Crippen molar-refractivity contribution in [1.29, 1.82) is 0 Å². The van der Waals surface area contributed by atoms with Crippen LogP contribution in [0, 0.1) is 0 Å². The minimum absolute atomic E-state index is 0.102. The van der Waals surface area contributed by atoms with Crippen LogP contribution in [0.4, 0.5) is 0 Å². The van der Waals surface area contributed by atoms with E-state index in [0.29, 0.717) is 30.0 Å². The van der Waals surface area contributed by atoms with E-state index in [4.69, 9.17) is 9.84 Å². The molecule has 0 unspecified atom stereocenters. The van der Waals surface area contributed by atoms with Gasteiger partial charge in [0.05, 0.1) is 18.4 Å². The zero-order chi connectivity index (χ0) is 23.0. The number of methoxy groups -OCH3 is 1. The maximum absolute atomic E-state index is 13.1. The highest BCUT2D eigenvalue weighted by molar-refractivity contribution is 6.00. The Morgan fingerprint density at radius 2 is 1.76 bits per heavy atom. The van der Waals surface area contributed by atoms with Crippen LogP contribution in [0.2, 0.25) is 0 Å². The van der Waals surface area contributed by atoms with Crippen LogP contribution in [0.3, 0.4) is 0 Å². The second kappa shape index (κ2) is 10.8. The number of benzene rings is 2.